The summed E-state index contributed by atoms with van der Waals surface area (Å²) in [5.41, 5.74) is 2.01. The van der Waals surface area contributed by atoms with Crippen LogP contribution in [0.5, 0.6) is 5.88 Å². The normalized spacial score (nSPS) is 32.8. The first-order chi connectivity index (χ1) is 14.5. The van der Waals surface area contributed by atoms with Crippen molar-refractivity contribution >= 4 is 5.91 Å². The van der Waals surface area contributed by atoms with Crippen molar-refractivity contribution in [2.45, 2.75) is 63.2 Å². The Morgan fingerprint density at radius 3 is 2.70 bits per heavy atom. The molecule has 3 fully saturated rings. The summed E-state index contributed by atoms with van der Waals surface area (Å²) >= 11 is 0. The molecule has 3 aliphatic rings. The van der Waals surface area contributed by atoms with Crippen LogP contribution in [0.3, 0.4) is 0 Å². The summed E-state index contributed by atoms with van der Waals surface area (Å²) in [7, 11) is 3.87. The Morgan fingerprint density at radius 2 is 1.93 bits per heavy atom. The summed E-state index contributed by atoms with van der Waals surface area (Å²) in [6.07, 6.45) is 7.22. The number of aromatic nitrogens is 1. The third kappa shape index (κ3) is 2.86. The zero-order valence-corrected chi connectivity index (χ0v) is 18.1. The van der Waals surface area contributed by atoms with E-state index in [-0.39, 0.29) is 23.4 Å². The second kappa shape index (κ2) is 7.38. The molecular formula is C25H31N3O2. The Bertz CT molecular complexity index is 933. The van der Waals surface area contributed by atoms with Crippen molar-refractivity contribution in [3.63, 3.8) is 0 Å². The summed E-state index contributed by atoms with van der Waals surface area (Å²) in [5.74, 6) is 0.488. The van der Waals surface area contributed by atoms with E-state index >= 15 is 0 Å². The number of amides is 1. The lowest BCUT2D eigenvalue weighted by atomic mass is 9.64. The van der Waals surface area contributed by atoms with Gasteiger partial charge in [0.15, 0.2) is 0 Å². The van der Waals surface area contributed by atoms with Gasteiger partial charge in [-0.1, -0.05) is 37.3 Å². The Kier molecular flexibility index (Phi) is 4.81. The van der Waals surface area contributed by atoms with Gasteiger partial charge < -0.3 is 9.64 Å². The molecule has 1 amide bonds. The molecule has 158 valence electrons. The SMILES string of the molecule is COc1ncccc1C(=O)N1[C@H](Cc2ccccc2)[C@@H]2C[C@@]3(C)[C@H](CCC[C@@H]13)N2C. The van der Waals surface area contributed by atoms with Crippen LogP contribution in [0.25, 0.3) is 0 Å². The van der Waals surface area contributed by atoms with Crippen LogP contribution in [0, 0.1) is 5.41 Å². The molecule has 0 unspecified atom stereocenters. The van der Waals surface area contributed by atoms with E-state index in [4.69, 9.17) is 4.74 Å². The number of fused-ring (bicyclic) bond motifs is 1. The molecular weight excluding hydrogens is 374 g/mol. The van der Waals surface area contributed by atoms with Crippen LogP contribution in [0.2, 0.25) is 0 Å². The third-order valence-electron chi connectivity index (χ3n) is 8.00. The largest absolute Gasteiger partial charge is 0.480 e. The molecule has 2 saturated heterocycles. The van der Waals surface area contributed by atoms with Crippen LogP contribution >= 0.6 is 0 Å². The maximum absolute atomic E-state index is 14.0. The number of hydrogen-bond acceptors (Lipinski definition) is 4. The Labute approximate surface area is 179 Å². The van der Waals surface area contributed by atoms with E-state index in [9.17, 15) is 4.79 Å². The molecule has 0 radical (unpaired) electrons. The summed E-state index contributed by atoms with van der Waals surface area (Å²) in [6, 6.07) is 15.6. The minimum atomic E-state index is 0.0674. The maximum atomic E-state index is 14.0. The lowest BCUT2D eigenvalue weighted by Gasteiger charge is -2.53. The summed E-state index contributed by atoms with van der Waals surface area (Å²) < 4.78 is 5.46. The van der Waals surface area contributed by atoms with Gasteiger partial charge in [-0.15, -0.1) is 0 Å². The number of benzene rings is 1. The minimum Gasteiger partial charge on any atom is -0.480 e. The van der Waals surface area contributed by atoms with Gasteiger partial charge in [0.2, 0.25) is 5.88 Å². The number of likely N-dealkylation sites (tertiary alicyclic amines) is 2. The molecule has 0 spiro atoms. The van der Waals surface area contributed by atoms with Crippen LogP contribution in [0.1, 0.15) is 48.5 Å². The van der Waals surface area contributed by atoms with Crippen LogP contribution in [0.15, 0.2) is 48.7 Å². The highest BCUT2D eigenvalue weighted by atomic mass is 16.5. The fourth-order valence-electron chi connectivity index (χ4n) is 6.67. The fourth-order valence-corrected chi connectivity index (χ4v) is 6.67. The highest BCUT2D eigenvalue weighted by Crippen LogP contribution is 2.56. The molecule has 5 atom stereocenters. The maximum Gasteiger partial charge on any atom is 0.259 e. The predicted molar refractivity (Wildman–Crippen MR) is 117 cm³/mol. The van der Waals surface area contributed by atoms with E-state index in [1.807, 2.05) is 12.1 Å². The van der Waals surface area contributed by atoms with Crippen molar-refractivity contribution < 1.29 is 9.53 Å². The lowest BCUT2D eigenvalue weighted by molar-refractivity contribution is -0.0113. The first-order valence-corrected chi connectivity index (χ1v) is 11.1. The van der Waals surface area contributed by atoms with Gasteiger partial charge in [0.25, 0.3) is 5.91 Å². The van der Waals surface area contributed by atoms with E-state index < -0.39 is 0 Å². The van der Waals surface area contributed by atoms with Gasteiger partial charge in [-0.2, -0.15) is 0 Å². The molecule has 1 aromatic heterocycles. The molecule has 1 aliphatic carbocycles. The van der Waals surface area contributed by atoms with Gasteiger partial charge in [0, 0.05) is 29.7 Å². The number of hydrogen-bond donors (Lipinski definition) is 0. The number of carbonyl (C=O) groups is 1. The van der Waals surface area contributed by atoms with Crippen molar-refractivity contribution in [3.05, 3.63) is 59.8 Å². The van der Waals surface area contributed by atoms with E-state index in [1.54, 1.807) is 13.3 Å². The van der Waals surface area contributed by atoms with Gasteiger partial charge in [-0.05, 0) is 56.8 Å². The predicted octanol–water partition coefficient (Wildman–Crippen LogP) is 3.79. The molecule has 0 N–H and O–H groups in total. The molecule has 2 aliphatic heterocycles. The van der Waals surface area contributed by atoms with Gasteiger partial charge >= 0.3 is 0 Å². The molecule has 30 heavy (non-hydrogen) atoms. The van der Waals surface area contributed by atoms with Gasteiger partial charge in [0.1, 0.15) is 5.56 Å². The average Bonchev–Trinajstić information content (AvgIpc) is 3.04. The zero-order valence-electron chi connectivity index (χ0n) is 18.1. The van der Waals surface area contributed by atoms with Crippen molar-refractivity contribution in [3.8, 4) is 5.88 Å². The Hall–Kier alpha value is -2.40. The molecule has 5 rings (SSSR count). The first-order valence-electron chi connectivity index (χ1n) is 11.1. The van der Waals surface area contributed by atoms with E-state index in [0.29, 0.717) is 23.5 Å². The Balaban J connectivity index is 1.60. The number of pyridine rings is 1. The number of methoxy groups -OCH3 is 1. The monoisotopic (exact) mass is 405 g/mol. The standard InChI is InChI=1S/C25H31N3O2/c1-25-16-20-19(15-17-9-5-4-6-10-17)28(22(25)13-7-12-21(25)27(20)2)24(29)18-11-8-14-26-23(18)30-3/h4-6,8-11,14,19-22H,7,12-13,15-16H2,1-3H3/t19-,20+,21+,22-,25+/m1/s1. The van der Waals surface area contributed by atoms with Crippen LogP contribution in [0.4, 0.5) is 0 Å². The summed E-state index contributed by atoms with van der Waals surface area (Å²) in [6.45, 7) is 2.41. The minimum absolute atomic E-state index is 0.0674. The summed E-state index contributed by atoms with van der Waals surface area (Å²) in [5, 5.41) is 0. The lowest BCUT2D eigenvalue weighted by Crippen LogP contribution is -2.62. The number of carbonyl (C=O) groups excluding carboxylic acids is 1. The van der Waals surface area contributed by atoms with Crippen molar-refractivity contribution in [1.29, 1.82) is 0 Å². The van der Waals surface area contributed by atoms with Crippen LogP contribution in [-0.2, 0) is 6.42 Å². The molecule has 5 nitrogen and oxygen atoms in total. The van der Waals surface area contributed by atoms with Crippen molar-refractivity contribution in [1.82, 2.24) is 14.8 Å². The molecule has 1 saturated carbocycles. The number of ether oxygens (including phenoxy) is 1. The number of nitrogens with zero attached hydrogens (tertiary/aromatic N) is 3. The summed E-state index contributed by atoms with van der Waals surface area (Å²) in [4.78, 5) is 23.2. The highest BCUT2D eigenvalue weighted by Gasteiger charge is 2.62. The third-order valence-corrected chi connectivity index (χ3v) is 8.00. The van der Waals surface area contributed by atoms with Crippen molar-refractivity contribution in [2.75, 3.05) is 14.2 Å². The van der Waals surface area contributed by atoms with Crippen LogP contribution in [-0.4, -0.2) is 59.0 Å². The second-order valence-corrected chi connectivity index (χ2v) is 9.43. The first kappa shape index (κ1) is 19.6. The second-order valence-electron chi connectivity index (χ2n) is 9.43. The van der Waals surface area contributed by atoms with E-state index in [1.165, 1.54) is 24.8 Å². The van der Waals surface area contributed by atoms with E-state index in [2.05, 4.69) is 59.1 Å². The molecule has 5 heteroatoms. The zero-order chi connectivity index (χ0) is 20.9. The number of piperidine rings is 1. The highest BCUT2D eigenvalue weighted by molar-refractivity contribution is 5.97. The molecule has 2 aromatic rings. The van der Waals surface area contributed by atoms with Crippen LogP contribution < -0.4 is 4.74 Å². The quantitative estimate of drug-likeness (QED) is 0.776. The average molecular weight is 406 g/mol. The fraction of sp³-hybridized carbons (Fsp3) is 0.520. The smallest absolute Gasteiger partial charge is 0.259 e. The van der Waals surface area contributed by atoms with Gasteiger partial charge in [-0.25, -0.2) is 4.98 Å². The molecule has 1 aromatic carbocycles. The van der Waals surface area contributed by atoms with Gasteiger partial charge in [0.05, 0.1) is 13.2 Å². The Morgan fingerprint density at radius 1 is 1.17 bits per heavy atom. The molecule has 2 bridgehead atoms. The number of likely N-dealkylation sites (N-methyl/N-ethyl adjacent to an activating group) is 1. The number of rotatable bonds is 4. The van der Waals surface area contributed by atoms with Gasteiger partial charge in [-0.3, -0.25) is 9.69 Å². The molecule has 3 heterocycles. The topological polar surface area (TPSA) is 45.7 Å². The van der Waals surface area contributed by atoms with E-state index in [0.717, 1.165) is 12.8 Å². The van der Waals surface area contributed by atoms with Crippen molar-refractivity contribution in [2.24, 2.45) is 5.41 Å².